The lowest BCUT2D eigenvalue weighted by molar-refractivity contribution is -0.139. The van der Waals surface area contributed by atoms with Crippen molar-refractivity contribution >= 4 is 23.9 Å². The molecule has 0 unspecified atom stereocenters. The summed E-state index contributed by atoms with van der Waals surface area (Å²) in [6.07, 6.45) is 7.33. The zero-order chi connectivity index (χ0) is 27.1. The Bertz CT molecular complexity index is 961. The predicted molar refractivity (Wildman–Crippen MR) is 136 cm³/mol. The van der Waals surface area contributed by atoms with Crippen molar-refractivity contribution in [1.29, 1.82) is 0 Å². The molecule has 2 N–H and O–H groups in total. The fourth-order valence-electron chi connectivity index (χ4n) is 3.74. The molecule has 198 valence electrons. The quantitative estimate of drug-likeness (QED) is 0.152. The highest BCUT2D eigenvalue weighted by Crippen LogP contribution is 2.25. The first-order chi connectivity index (χ1) is 17.1. The van der Waals surface area contributed by atoms with Crippen LogP contribution in [0, 0.1) is 0 Å². The van der Waals surface area contributed by atoms with Gasteiger partial charge in [-0.05, 0) is 69.6 Å². The van der Waals surface area contributed by atoms with E-state index in [1.165, 1.54) is 6.07 Å². The molecule has 1 aromatic carbocycles. The molecule has 8 nitrogen and oxygen atoms in total. The van der Waals surface area contributed by atoms with Crippen LogP contribution >= 0.6 is 0 Å². The van der Waals surface area contributed by atoms with Gasteiger partial charge in [0, 0.05) is 11.1 Å². The molecule has 0 radical (unpaired) electrons. The Kier molecular flexibility index (Phi) is 13.8. The number of hydrogen-bond donors (Lipinski definition) is 2. The van der Waals surface area contributed by atoms with Crippen LogP contribution in [-0.2, 0) is 31.9 Å². The number of aryl methyl sites for hydroxylation is 1. The molecular weight excluding hydrogens is 464 g/mol. The summed E-state index contributed by atoms with van der Waals surface area (Å²) in [5.41, 5.74) is 1.81. The molecule has 0 aromatic heterocycles. The van der Waals surface area contributed by atoms with E-state index in [0.29, 0.717) is 55.6 Å². The van der Waals surface area contributed by atoms with E-state index < -0.39 is 23.9 Å². The summed E-state index contributed by atoms with van der Waals surface area (Å²) in [5, 5.41) is 19.3. The molecular formula is C28H38O8. The molecule has 0 aliphatic carbocycles. The van der Waals surface area contributed by atoms with Gasteiger partial charge in [-0.3, -0.25) is 0 Å². The van der Waals surface area contributed by atoms with Crippen molar-refractivity contribution in [3.05, 3.63) is 58.7 Å². The first-order valence-electron chi connectivity index (χ1n) is 12.3. The number of carboxylic acid groups (broad SMARTS) is 2. The number of carboxylic acids is 2. The molecule has 0 spiro atoms. The zero-order valence-electron chi connectivity index (χ0n) is 21.4. The topological polar surface area (TPSA) is 127 Å². The van der Waals surface area contributed by atoms with E-state index in [9.17, 15) is 29.4 Å². The number of hydrogen-bond acceptors (Lipinski definition) is 6. The summed E-state index contributed by atoms with van der Waals surface area (Å²) in [7, 11) is 0. The molecule has 0 aliphatic heterocycles. The van der Waals surface area contributed by atoms with Gasteiger partial charge in [0.15, 0.2) is 0 Å². The summed E-state index contributed by atoms with van der Waals surface area (Å²) in [6.45, 7) is 10.9. The van der Waals surface area contributed by atoms with Gasteiger partial charge in [0.05, 0.1) is 24.3 Å². The van der Waals surface area contributed by atoms with Gasteiger partial charge in [-0.25, -0.2) is 19.2 Å². The number of carbonyl (C=O) groups is 4. The van der Waals surface area contributed by atoms with Crippen LogP contribution in [0.1, 0.15) is 97.1 Å². The van der Waals surface area contributed by atoms with E-state index in [1.54, 1.807) is 19.9 Å². The number of benzene rings is 1. The van der Waals surface area contributed by atoms with Crippen LogP contribution in [0.4, 0.5) is 0 Å². The lowest BCUT2D eigenvalue weighted by atomic mass is 9.89. The second-order valence-corrected chi connectivity index (χ2v) is 8.90. The van der Waals surface area contributed by atoms with E-state index in [0.717, 1.165) is 44.1 Å². The highest BCUT2D eigenvalue weighted by molar-refractivity contribution is 6.03. The van der Waals surface area contributed by atoms with Gasteiger partial charge in [0.2, 0.25) is 0 Å². The normalized spacial score (nSPS) is 10.5. The Balaban J connectivity index is 2.68. The maximum atomic E-state index is 12.0. The fraction of sp³-hybridized carbons (Fsp3) is 0.500. The van der Waals surface area contributed by atoms with Crippen molar-refractivity contribution in [2.45, 2.75) is 78.1 Å². The van der Waals surface area contributed by atoms with Crippen molar-refractivity contribution < 1.29 is 38.9 Å². The van der Waals surface area contributed by atoms with Crippen LogP contribution in [0.5, 0.6) is 0 Å². The summed E-state index contributed by atoms with van der Waals surface area (Å²) >= 11 is 0. The zero-order valence-corrected chi connectivity index (χ0v) is 21.4. The number of esters is 2. The number of unbranched alkanes of at least 4 members (excludes halogenated alkanes) is 6. The van der Waals surface area contributed by atoms with Crippen LogP contribution in [-0.4, -0.2) is 47.3 Å². The Morgan fingerprint density at radius 2 is 1.17 bits per heavy atom. The second-order valence-electron chi connectivity index (χ2n) is 8.90. The van der Waals surface area contributed by atoms with Crippen LogP contribution in [0.15, 0.2) is 36.4 Å². The third-order valence-corrected chi connectivity index (χ3v) is 5.68. The molecule has 0 atom stereocenters. The molecule has 0 heterocycles. The second kappa shape index (κ2) is 16.3. The molecule has 1 rings (SSSR count). The minimum atomic E-state index is -1.26. The maximum absolute atomic E-state index is 12.0. The third-order valence-electron chi connectivity index (χ3n) is 5.68. The Labute approximate surface area is 213 Å². The Morgan fingerprint density at radius 3 is 1.61 bits per heavy atom. The van der Waals surface area contributed by atoms with Crippen molar-refractivity contribution in [2.24, 2.45) is 0 Å². The molecule has 0 aliphatic rings. The summed E-state index contributed by atoms with van der Waals surface area (Å²) in [5.74, 6) is -3.31. The smallest absolute Gasteiger partial charge is 0.336 e. The van der Waals surface area contributed by atoms with E-state index in [-0.39, 0.29) is 11.1 Å². The molecule has 0 saturated carbocycles. The number of carbonyl (C=O) groups excluding carboxylic acids is 2. The molecule has 0 saturated heterocycles. The number of rotatable bonds is 18. The lowest BCUT2D eigenvalue weighted by Gasteiger charge is -2.15. The monoisotopic (exact) mass is 502 g/mol. The largest absolute Gasteiger partial charge is 0.478 e. The summed E-state index contributed by atoms with van der Waals surface area (Å²) in [6, 6.07) is 3.09. The van der Waals surface area contributed by atoms with E-state index >= 15 is 0 Å². The predicted octanol–water partition coefficient (Wildman–Crippen LogP) is 5.53. The highest BCUT2D eigenvalue weighted by atomic mass is 16.5. The van der Waals surface area contributed by atoms with Gasteiger partial charge >= 0.3 is 23.9 Å². The minimum Gasteiger partial charge on any atom is -0.478 e. The minimum absolute atomic E-state index is 0.137. The first-order valence-corrected chi connectivity index (χ1v) is 12.3. The molecule has 8 heteroatoms. The van der Waals surface area contributed by atoms with Gasteiger partial charge in [-0.15, -0.1) is 0 Å². The van der Waals surface area contributed by atoms with Crippen molar-refractivity contribution in [1.82, 2.24) is 0 Å². The molecule has 0 bridgehead atoms. The molecule has 0 fully saturated rings. The standard InChI is InChI=1S/C28H38O8/c1-19(2)27(33)35-17-11-7-5-9-13-21-15-16-23(25(29)30)24(26(31)32)22(21)14-10-6-8-12-18-36-28(34)20(3)4/h15-16H,1,3,5-14,17-18H2,2,4H3,(H,29,30)(H,31,32). The van der Waals surface area contributed by atoms with Crippen molar-refractivity contribution in [3.8, 4) is 0 Å². The van der Waals surface area contributed by atoms with Crippen molar-refractivity contribution in [3.63, 3.8) is 0 Å². The van der Waals surface area contributed by atoms with Crippen molar-refractivity contribution in [2.75, 3.05) is 13.2 Å². The number of ether oxygens (including phenoxy) is 2. The van der Waals surface area contributed by atoms with Crippen LogP contribution < -0.4 is 0 Å². The number of aromatic carboxylic acids is 2. The molecule has 36 heavy (non-hydrogen) atoms. The SMILES string of the molecule is C=C(C)C(=O)OCCCCCCc1ccc(C(=O)O)c(C(=O)O)c1CCCCCCOC(=O)C(=C)C. The van der Waals surface area contributed by atoms with Gasteiger partial charge in [-0.2, -0.15) is 0 Å². The van der Waals surface area contributed by atoms with Gasteiger partial charge in [0.1, 0.15) is 0 Å². The summed E-state index contributed by atoms with van der Waals surface area (Å²) < 4.78 is 10.2. The first kappa shape index (κ1) is 30.6. The van der Waals surface area contributed by atoms with Crippen LogP contribution in [0.2, 0.25) is 0 Å². The van der Waals surface area contributed by atoms with E-state index in [2.05, 4.69) is 13.2 Å². The molecule has 1 aromatic rings. The Morgan fingerprint density at radius 1 is 0.694 bits per heavy atom. The summed E-state index contributed by atoms with van der Waals surface area (Å²) in [4.78, 5) is 46.4. The Hall–Kier alpha value is -3.42. The van der Waals surface area contributed by atoms with Gasteiger partial charge < -0.3 is 19.7 Å². The van der Waals surface area contributed by atoms with E-state index in [4.69, 9.17) is 9.47 Å². The highest BCUT2D eigenvalue weighted by Gasteiger charge is 2.22. The molecule has 0 amide bonds. The van der Waals surface area contributed by atoms with Crippen LogP contribution in [0.25, 0.3) is 0 Å². The average Bonchev–Trinajstić information content (AvgIpc) is 2.81. The van der Waals surface area contributed by atoms with Gasteiger partial charge in [-0.1, -0.05) is 44.9 Å². The fourth-order valence-corrected chi connectivity index (χ4v) is 3.74. The lowest BCUT2D eigenvalue weighted by Crippen LogP contribution is -2.14. The maximum Gasteiger partial charge on any atom is 0.336 e. The van der Waals surface area contributed by atoms with E-state index in [1.807, 2.05) is 0 Å². The van der Waals surface area contributed by atoms with Gasteiger partial charge in [0.25, 0.3) is 0 Å². The third kappa shape index (κ3) is 10.9. The average molecular weight is 503 g/mol. The van der Waals surface area contributed by atoms with Crippen LogP contribution in [0.3, 0.4) is 0 Å².